The first-order valence-corrected chi connectivity index (χ1v) is 18.8. The van der Waals surface area contributed by atoms with Crippen molar-refractivity contribution in [2.24, 2.45) is 26.4 Å². The lowest BCUT2D eigenvalue weighted by atomic mass is 9.77. The van der Waals surface area contributed by atoms with Crippen molar-refractivity contribution in [1.29, 1.82) is 0 Å². The molecule has 0 aliphatic heterocycles. The fraction of sp³-hybridized carbons (Fsp3) is 0.283. The van der Waals surface area contributed by atoms with E-state index in [1.54, 1.807) is 24.3 Å². The number of hydrogen-bond donors (Lipinski definition) is 1. The van der Waals surface area contributed by atoms with Crippen molar-refractivity contribution in [1.82, 2.24) is 0 Å². The number of phenolic OH excluding ortho intramolecular Hbond substituents is 1. The highest BCUT2D eigenvalue weighted by Gasteiger charge is 2.22. The number of unbranched alkanes of at least 4 members (excludes halogenated alkanes) is 3. The van der Waals surface area contributed by atoms with Gasteiger partial charge in [0.2, 0.25) is 0 Å². The fourth-order valence-electron chi connectivity index (χ4n) is 6.92. The van der Waals surface area contributed by atoms with Crippen LogP contribution in [-0.4, -0.2) is 17.7 Å². The van der Waals surface area contributed by atoms with Gasteiger partial charge in [0.05, 0.1) is 29.4 Å². The van der Waals surface area contributed by atoms with Crippen LogP contribution >= 0.6 is 0 Å². The quantitative estimate of drug-likeness (QED) is 0.0479. The number of aromatic hydroxyl groups is 1. The van der Waals surface area contributed by atoms with E-state index in [-0.39, 0.29) is 11.7 Å². The molecule has 6 rings (SSSR count). The normalized spacial score (nSPS) is 15.8. The van der Waals surface area contributed by atoms with E-state index in [9.17, 15) is 9.90 Å². The third-order valence-electron chi connectivity index (χ3n) is 10.0. The van der Waals surface area contributed by atoms with Crippen LogP contribution in [0.15, 0.2) is 154 Å². The highest BCUT2D eigenvalue weighted by atomic mass is 16.5. The smallest absolute Gasteiger partial charge is 0.330 e. The zero-order valence-electron chi connectivity index (χ0n) is 30.3. The van der Waals surface area contributed by atoms with Crippen LogP contribution in [0.3, 0.4) is 0 Å². The Bertz CT molecular complexity index is 1940. The summed E-state index contributed by atoms with van der Waals surface area (Å²) in [5.41, 5.74) is 9.38. The summed E-state index contributed by atoms with van der Waals surface area (Å²) in [7, 11) is 0. The van der Waals surface area contributed by atoms with E-state index in [2.05, 4.69) is 87.7 Å². The lowest BCUT2D eigenvalue weighted by Crippen LogP contribution is -2.13. The van der Waals surface area contributed by atoms with Crippen molar-refractivity contribution in [3.63, 3.8) is 0 Å². The van der Waals surface area contributed by atoms with Crippen LogP contribution in [-0.2, 0) is 16.0 Å². The molecular formula is C46H48N4O3. The van der Waals surface area contributed by atoms with Gasteiger partial charge in [0.25, 0.3) is 0 Å². The molecule has 0 bridgehead atoms. The predicted molar refractivity (Wildman–Crippen MR) is 213 cm³/mol. The molecule has 1 aliphatic rings. The van der Waals surface area contributed by atoms with Crippen LogP contribution in [0.4, 0.5) is 22.7 Å². The number of rotatable bonds is 16. The number of hydrogen-bond acceptors (Lipinski definition) is 7. The molecule has 0 amide bonds. The molecule has 0 atom stereocenters. The van der Waals surface area contributed by atoms with E-state index in [1.807, 2.05) is 36.4 Å². The lowest BCUT2D eigenvalue weighted by molar-refractivity contribution is -0.137. The molecule has 0 unspecified atom stereocenters. The van der Waals surface area contributed by atoms with Gasteiger partial charge in [-0.1, -0.05) is 92.9 Å². The van der Waals surface area contributed by atoms with Gasteiger partial charge >= 0.3 is 5.97 Å². The Morgan fingerprint density at radius 1 is 0.604 bits per heavy atom. The summed E-state index contributed by atoms with van der Waals surface area (Å²) in [5.74, 6) is 1.40. The van der Waals surface area contributed by atoms with Gasteiger partial charge in [-0.25, -0.2) is 4.79 Å². The van der Waals surface area contributed by atoms with E-state index in [0.717, 1.165) is 36.6 Å². The van der Waals surface area contributed by atoms with Crippen molar-refractivity contribution >= 4 is 28.7 Å². The lowest BCUT2D eigenvalue weighted by Gasteiger charge is -2.29. The molecule has 1 aliphatic carbocycles. The largest absolute Gasteiger partial charge is 0.508 e. The molecule has 0 spiro atoms. The van der Waals surface area contributed by atoms with Gasteiger partial charge in [-0.3, -0.25) is 0 Å². The molecule has 0 radical (unpaired) electrons. The summed E-state index contributed by atoms with van der Waals surface area (Å²) < 4.78 is 5.06. The zero-order valence-corrected chi connectivity index (χ0v) is 30.3. The Labute approximate surface area is 313 Å². The average molecular weight is 705 g/mol. The summed E-state index contributed by atoms with van der Waals surface area (Å²) >= 11 is 0. The first kappa shape index (κ1) is 37.1. The van der Waals surface area contributed by atoms with E-state index < -0.39 is 0 Å². The number of esters is 1. The molecule has 53 heavy (non-hydrogen) atoms. The molecule has 1 fully saturated rings. The first-order valence-electron chi connectivity index (χ1n) is 18.8. The average Bonchev–Trinajstić information content (AvgIpc) is 3.21. The van der Waals surface area contributed by atoms with Crippen LogP contribution in [0.2, 0.25) is 0 Å². The molecular weight excluding hydrogens is 657 g/mol. The maximum absolute atomic E-state index is 11.1. The van der Waals surface area contributed by atoms with Crippen LogP contribution in [0.1, 0.15) is 80.4 Å². The Morgan fingerprint density at radius 2 is 1.06 bits per heavy atom. The number of ether oxygens (including phenoxy) is 1. The van der Waals surface area contributed by atoms with E-state index in [1.165, 1.54) is 78.8 Å². The van der Waals surface area contributed by atoms with Crippen molar-refractivity contribution in [3.05, 3.63) is 151 Å². The fourth-order valence-corrected chi connectivity index (χ4v) is 6.92. The number of carbonyl (C=O) groups excluding carboxylic acids is 1. The molecule has 270 valence electrons. The van der Waals surface area contributed by atoms with Gasteiger partial charge in [0.15, 0.2) is 0 Å². The second-order valence-corrected chi connectivity index (χ2v) is 13.9. The van der Waals surface area contributed by atoms with Crippen molar-refractivity contribution in [3.8, 4) is 16.9 Å². The van der Waals surface area contributed by atoms with Crippen LogP contribution in [0.25, 0.3) is 11.1 Å². The molecule has 5 aromatic carbocycles. The van der Waals surface area contributed by atoms with Gasteiger partial charge in [0.1, 0.15) is 5.75 Å². The van der Waals surface area contributed by atoms with Crippen LogP contribution < -0.4 is 0 Å². The minimum Gasteiger partial charge on any atom is -0.508 e. The number of nitrogens with zero attached hydrogens (tertiary/aromatic N) is 4. The third-order valence-corrected chi connectivity index (χ3v) is 10.0. The van der Waals surface area contributed by atoms with Gasteiger partial charge in [0, 0.05) is 6.08 Å². The van der Waals surface area contributed by atoms with Gasteiger partial charge < -0.3 is 9.84 Å². The number of azo groups is 2. The van der Waals surface area contributed by atoms with Gasteiger partial charge in [-0.15, -0.1) is 0 Å². The molecule has 0 saturated heterocycles. The molecule has 7 nitrogen and oxygen atoms in total. The highest BCUT2D eigenvalue weighted by Crippen LogP contribution is 2.38. The summed E-state index contributed by atoms with van der Waals surface area (Å²) in [6.45, 7) is 3.94. The maximum Gasteiger partial charge on any atom is 0.330 e. The van der Waals surface area contributed by atoms with Crippen LogP contribution in [0.5, 0.6) is 5.75 Å². The zero-order chi connectivity index (χ0) is 36.7. The minimum absolute atomic E-state index is 0.198. The highest BCUT2D eigenvalue weighted by molar-refractivity contribution is 5.81. The molecule has 5 aromatic rings. The second kappa shape index (κ2) is 19.2. The van der Waals surface area contributed by atoms with E-state index in [4.69, 9.17) is 4.74 Å². The summed E-state index contributed by atoms with van der Waals surface area (Å²) in [6, 6.07) is 40.3. The molecule has 7 heteroatoms. The van der Waals surface area contributed by atoms with Crippen molar-refractivity contribution in [2.45, 2.75) is 70.1 Å². The van der Waals surface area contributed by atoms with Crippen LogP contribution in [0, 0.1) is 5.92 Å². The number of phenols is 1. The molecule has 1 N–H and O–H groups in total. The van der Waals surface area contributed by atoms with Crippen molar-refractivity contribution in [2.75, 3.05) is 6.61 Å². The third kappa shape index (κ3) is 11.7. The maximum atomic E-state index is 11.1. The Balaban J connectivity index is 0.913. The summed E-state index contributed by atoms with van der Waals surface area (Å²) in [6.07, 6.45) is 13.2. The standard InChI is InChI=1S/C46H48N4O3/c1-2-46(52)53-32-6-4-3-5-7-34-8-14-37(15-9-34)39-18-20-40(21-19-39)38-16-10-35(11-17-38)33-36-12-22-41(23-13-36)47-48-42-24-26-43(27-25-42)49-50-44-28-30-45(51)31-29-44/h2,10-13,16-31,34,37,51H,1,3-9,14-15,32-33H2. The predicted octanol–water partition coefficient (Wildman–Crippen LogP) is 13.4. The monoisotopic (exact) mass is 704 g/mol. The Morgan fingerprint density at radius 3 is 1.58 bits per heavy atom. The van der Waals surface area contributed by atoms with Gasteiger partial charge in [-0.2, -0.15) is 20.5 Å². The topological polar surface area (TPSA) is 96.0 Å². The van der Waals surface area contributed by atoms with E-state index >= 15 is 0 Å². The summed E-state index contributed by atoms with van der Waals surface area (Å²) in [4.78, 5) is 11.1. The first-order chi connectivity index (χ1) is 26.0. The molecule has 1 saturated carbocycles. The molecule has 0 heterocycles. The van der Waals surface area contributed by atoms with Gasteiger partial charge in [-0.05, 0) is 139 Å². The Hall–Kier alpha value is -5.69. The molecule has 0 aromatic heterocycles. The van der Waals surface area contributed by atoms with Crippen molar-refractivity contribution < 1.29 is 14.6 Å². The number of carbonyl (C=O) groups is 1. The minimum atomic E-state index is -0.322. The Kier molecular flexibility index (Phi) is 13.5. The summed E-state index contributed by atoms with van der Waals surface area (Å²) in [5, 5.41) is 26.6. The van der Waals surface area contributed by atoms with E-state index in [0.29, 0.717) is 23.9 Å². The SMILES string of the molecule is C=CC(=O)OCCCCCCC1CCC(c2ccc(-c3ccc(Cc4ccc(N=Nc5ccc(N=Nc6ccc(O)cc6)cc5)cc4)cc3)cc2)CC1. The second-order valence-electron chi connectivity index (χ2n) is 13.9. The number of benzene rings is 5.